The van der Waals surface area contributed by atoms with Crippen LogP contribution in [0, 0.1) is 5.92 Å². The zero-order valence-electron chi connectivity index (χ0n) is 14.9. The number of aliphatic imine (C=N–C) groups is 1. The standard InChI is InChI=1S/C15H26N8.HI/c1-10(2)11(3)22-15(16-4)18-7-6-17-13-12-8-21-23(5)14(12)20-9-19-13;/h8-11H,6-7H2,1-5H3,(H2,16,18,22)(H,17,19,20);1H. The summed E-state index contributed by atoms with van der Waals surface area (Å²) in [5, 5.41) is 15.1. The van der Waals surface area contributed by atoms with Crippen molar-refractivity contribution < 1.29 is 0 Å². The summed E-state index contributed by atoms with van der Waals surface area (Å²) in [6.07, 6.45) is 3.32. The van der Waals surface area contributed by atoms with E-state index in [0.29, 0.717) is 12.0 Å². The highest BCUT2D eigenvalue weighted by atomic mass is 127. The predicted octanol–water partition coefficient (Wildman–Crippen LogP) is 1.60. The van der Waals surface area contributed by atoms with Gasteiger partial charge in [0.2, 0.25) is 0 Å². The number of guanidine groups is 1. The van der Waals surface area contributed by atoms with Crippen LogP contribution in [-0.2, 0) is 7.05 Å². The molecular formula is C15H27IN8. The molecule has 8 nitrogen and oxygen atoms in total. The van der Waals surface area contributed by atoms with E-state index in [2.05, 4.69) is 56.8 Å². The van der Waals surface area contributed by atoms with Crippen molar-refractivity contribution in [3.8, 4) is 0 Å². The molecule has 0 saturated carbocycles. The Bertz CT molecular complexity index is 667. The quantitative estimate of drug-likeness (QED) is 0.270. The van der Waals surface area contributed by atoms with E-state index in [1.165, 1.54) is 0 Å². The van der Waals surface area contributed by atoms with Crippen molar-refractivity contribution in [2.24, 2.45) is 18.0 Å². The number of rotatable bonds is 6. The average Bonchev–Trinajstić information content (AvgIpc) is 2.92. The number of nitrogens with one attached hydrogen (secondary N) is 3. The molecule has 1 unspecified atom stereocenters. The third-order valence-electron chi connectivity index (χ3n) is 3.83. The van der Waals surface area contributed by atoms with Gasteiger partial charge < -0.3 is 16.0 Å². The second kappa shape index (κ2) is 9.60. The number of aryl methyl sites for hydroxylation is 1. The first-order valence-electron chi connectivity index (χ1n) is 7.86. The van der Waals surface area contributed by atoms with Crippen molar-refractivity contribution >= 4 is 46.8 Å². The third-order valence-corrected chi connectivity index (χ3v) is 3.83. The summed E-state index contributed by atoms with van der Waals surface area (Å²) in [6.45, 7) is 7.96. The Balaban J connectivity index is 0.00000288. The molecule has 0 aliphatic heterocycles. The second-order valence-corrected chi connectivity index (χ2v) is 5.83. The highest BCUT2D eigenvalue weighted by Crippen LogP contribution is 2.16. The van der Waals surface area contributed by atoms with Crippen molar-refractivity contribution in [1.29, 1.82) is 0 Å². The fraction of sp³-hybridized carbons (Fsp3) is 0.600. The molecule has 2 aromatic rings. The van der Waals surface area contributed by atoms with Crippen LogP contribution in [0.3, 0.4) is 0 Å². The van der Waals surface area contributed by atoms with Crippen LogP contribution in [0.2, 0.25) is 0 Å². The predicted molar refractivity (Wildman–Crippen MR) is 109 cm³/mol. The average molecular weight is 446 g/mol. The Morgan fingerprint density at radius 1 is 1.25 bits per heavy atom. The van der Waals surface area contributed by atoms with Gasteiger partial charge in [-0.25, -0.2) is 9.97 Å². The minimum absolute atomic E-state index is 0. The molecule has 0 amide bonds. The van der Waals surface area contributed by atoms with E-state index in [9.17, 15) is 0 Å². The maximum absolute atomic E-state index is 4.28. The molecule has 2 aromatic heterocycles. The molecular weight excluding hydrogens is 419 g/mol. The molecule has 0 bridgehead atoms. The van der Waals surface area contributed by atoms with E-state index in [1.807, 2.05) is 7.05 Å². The lowest BCUT2D eigenvalue weighted by Crippen LogP contribution is -2.45. The highest BCUT2D eigenvalue weighted by Gasteiger charge is 2.09. The van der Waals surface area contributed by atoms with Crippen LogP contribution in [0.25, 0.3) is 11.0 Å². The number of hydrogen-bond donors (Lipinski definition) is 3. The number of anilines is 1. The van der Waals surface area contributed by atoms with Crippen LogP contribution >= 0.6 is 24.0 Å². The van der Waals surface area contributed by atoms with E-state index in [1.54, 1.807) is 24.3 Å². The first-order valence-corrected chi connectivity index (χ1v) is 7.86. The van der Waals surface area contributed by atoms with Crippen molar-refractivity contribution in [1.82, 2.24) is 30.4 Å². The van der Waals surface area contributed by atoms with Gasteiger partial charge in [-0.15, -0.1) is 24.0 Å². The number of nitrogens with zero attached hydrogens (tertiary/aromatic N) is 5. The maximum Gasteiger partial charge on any atom is 0.191 e. The monoisotopic (exact) mass is 446 g/mol. The van der Waals surface area contributed by atoms with E-state index < -0.39 is 0 Å². The zero-order chi connectivity index (χ0) is 16.8. The van der Waals surface area contributed by atoms with Gasteiger partial charge in [0, 0.05) is 33.2 Å². The van der Waals surface area contributed by atoms with Crippen molar-refractivity contribution in [2.45, 2.75) is 26.8 Å². The molecule has 0 saturated heterocycles. The summed E-state index contributed by atoms with van der Waals surface area (Å²) < 4.78 is 1.74. The maximum atomic E-state index is 4.28. The van der Waals surface area contributed by atoms with Gasteiger partial charge in [-0.3, -0.25) is 9.67 Å². The largest absolute Gasteiger partial charge is 0.368 e. The summed E-state index contributed by atoms with van der Waals surface area (Å²) in [5.74, 6) is 2.15. The Morgan fingerprint density at radius 2 is 2.00 bits per heavy atom. The topological polar surface area (TPSA) is 92.1 Å². The van der Waals surface area contributed by atoms with Crippen LogP contribution in [0.15, 0.2) is 17.5 Å². The van der Waals surface area contributed by atoms with E-state index in [0.717, 1.165) is 35.9 Å². The molecule has 0 radical (unpaired) electrons. The van der Waals surface area contributed by atoms with Crippen molar-refractivity contribution in [2.75, 3.05) is 25.5 Å². The van der Waals surface area contributed by atoms with Gasteiger partial charge in [0.1, 0.15) is 12.1 Å². The fourth-order valence-corrected chi connectivity index (χ4v) is 2.04. The van der Waals surface area contributed by atoms with Gasteiger partial charge in [0.05, 0.1) is 11.6 Å². The van der Waals surface area contributed by atoms with E-state index in [4.69, 9.17) is 0 Å². The third kappa shape index (κ3) is 5.18. The van der Waals surface area contributed by atoms with Crippen LogP contribution in [0.1, 0.15) is 20.8 Å². The molecule has 3 N–H and O–H groups in total. The minimum Gasteiger partial charge on any atom is -0.368 e. The normalized spacial score (nSPS) is 12.8. The van der Waals surface area contributed by atoms with Gasteiger partial charge in [-0.1, -0.05) is 13.8 Å². The van der Waals surface area contributed by atoms with Gasteiger partial charge >= 0.3 is 0 Å². The molecule has 24 heavy (non-hydrogen) atoms. The van der Waals surface area contributed by atoms with Gasteiger partial charge in [0.15, 0.2) is 11.6 Å². The SMILES string of the molecule is CN=C(NCCNc1ncnc2c1cnn2C)NC(C)C(C)C.I. The van der Waals surface area contributed by atoms with E-state index >= 15 is 0 Å². The first-order chi connectivity index (χ1) is 11.0. The summed E-state index contributed by atoms with van der Waals surface area (Å²) >= 11 is 0. The molecule has 0 fully saturated rings. The summed E-state index contributed by atoms with van der Waals surface area (Å²) in [6, 6.07) is 0.367. The molecule has 9 heteroatoms. The van der Waals surface area contributed by atoms with E-state index in [-0.39, 0.29) is 24.0 Å². The highest BCUT2D eigenvalue weighted by molar-refractivity contribution is 14.0. The minimum atomic E-state index is 0. The molecule has 1 atom stereocenters. The zero-order valence-corrected chi connectivity index (χ0v) is 17.2. The molecule has 0 spiro atoms. The molecule has 2 rings (SSSR count). The van der Waals surface area contributed by atoms with Crippen LogP contribution in [-0.4, -0.2) is 51.9 Å². The molecule has 0 aliphatic rings. The van der Waals surface area contributed by atoms with Crippen LogP contribution in [0.5, 0.6) is 0 Å². The summed E-state index contributed by atoms with van der Waals surface area (Å²) in [7, 11) is 3.64. The second-order valence-electron chi connectivity index (χ2n) is 5.83. The van der Waals surface area contributed by atoms with Crippen molar-refractivity contribution in [3.63, 3.8) is 0 Å². The smallest absolute Gasteiger partial charge is 0.191 e. The Labute approximate surface area is 159 Å². The number of fused-ring (bicyclic) bond motifs is 1. The Hall–Kier alpha value is -1.65. The lowest BCUT2D eigenvalue weighted by atomic mass is 10.1. The van der Waals surface area contributed by atoms with Crippen LogP contribution < -0.4 is 16.0 Å². The first kappa shape index (κ1) is 20.4. The summed E-state index contributed by atoms with van der Waals surface area (Å²) in [4.78, 5) is 12.7. The lowest BCUT2D eigenvalue weighted by molar-refractivity contribution is 0.481. The van der Waals surface area contributed by atoms with Gasteiger partial charge in [0.25, 0.3) is 0 Å². The number of aromatic nitrogens is 4. The number of hydrogen-bond acceptors (Lipinski definition) is 5. The molecule has 134 valence electrons. The number of halogens is 1. The summed E-state index contributed by atoms with van der Waals surface area (Å²) in [5.41, 5.74) is 0.818. The fourth-order valence-electron chi connectivity index (χ4n) is 2.04. The van der Waals surface area contributed by atoms with Crippen molar-refractivity contribution in [3.05, 3.63) is 12.5 Å². The Morgan fingerprint density at radius 3 is 2.67 bits per heavy atom. The van der Waals surface area contributed by atoms with Gasteiger partial charge in [-0.2, -0.15) is 5.10 Å². The molecule has 0 aromatic carbocycles. The Kier molecular flexibility index (Phi) is 8.16. The van der Waals surface area contributed by atoms with Gasteiger partial charge in [-0.05, 0) is 12.8 Å². The molecule has 2 heterocycles. The lowest BCUT2D eigenvalue weighted by Gasteiger charge is -2.20. The van der Waals surface area contributed by atoms with Crippen LogP contribution in [0.4, 0.5) is 5.82 Å². The molecule has 0 aliphatic carbocycles.